The molecule has 25 heavy (non-hydrogen) atoms. The van der Waals surface area contributed by atoms with Crippen LogP contribution >= 0.6 is 0 Å². The van der Waals surface area contributed by atoms with Crippen LogP contribution in [0.3, 0.4) is 0 Å². The van der Waals surface area contributed by atoms with E-state index in [0.717, 1.165) is 16.7 Å². The fraction of sp³-hybridized carbons (Fsp3) is 0.143. The van der Waals surface area contributed by atoms with E-state index in [1.807, 2.05) is 54.6 Å². The molecule has 0 atom stereocenters. The number of methoxy groups -OCH3 is 2. The van der Waals surface area contributed by atoms with Crippen LogP contribution in [-0.2, 0) is 0 Å². The highest BCUT2D eigenvalue weighted by Crippen LogP contribution is 2.37. The van der Waals surface area contributed by atoms with Crippen LogP contribution in [0.1, 0.15) is 22.6 Å². The first-order valence-electron chi connectivity index (χ1n) is 8.05. The maximum atomic E-state index is 6.13. The van der Waals surface area contributed by atoms with Crippen LogP contribution in [0.15, 0.2) is 66.7 Å². The van der Waals surface area contributed by atoms with Crippen LogP contribution in [0.2, 0.25) is 0 Å². The molecule has 4 heteroatoms. The molecule has 0 fully saturated rings. The Kier molecular flexibility index (Phi) is 4.80. The van der Waals surface area contributed by atoms with Crippen LogP contribution < -0.4 is 20.9 Å². The van der Waals surface area contributed by atoms with E-state index in [9.17, 15) is 0 Å². The number of benzene rings is 3. The van der Waals surface area contributed by atoms with Gasteiger partial charge >= 0.3 is 0 Å². The molecule has 0 saturated carbocycles. The molecule has 3 aromatic rings. The van der Waals surface area contributed by atoms with E-state index in [-0.39, 0.29) is 5.92 Å². The summed E-state index contributed by atoms with van der Waals surface area (Å²) in [5, 5.41) is 0. The minimum Gasteiger partial charge on any atom is -0.495 e. The summed E-state index contributed by atoms with van der Waals surface area (Å²) in [6, 6.07) is 22.0. The Morgan fingerprint density at radius 1 is 0.640 bits per heavy atom. The predicted octanol–water partition coefficient (Wildman–Crippen LogP) is 4.05. The van der Waals surface area contributed by atoms with E-state index in [1.54, 1.807) is 14.2 Å². The standard InChI is InChI=1S/C21H22N2O2/c1-24-19-10-8-15(12-17(19)22)21(14-6-4-3-5-7-14)16-9-11-20(25-2)18(23)13-16/h3-13,21H,22-23H2,1-2H3. The lowest BCUT2D eigenvalue weighted by Gasteiger charge is -2.21. The van der Waals surface area contributed by atoms with Crippen molar-refractivity contribution < 1.29 is 9.47 Å². The third-order valence-electron chi connectivity index (χ3n) is 4.31. The van der Waals surface area contributed by atoms with Gasteiger partial charge in [0.25, 0.3) is 0 Å². The third kappa shape index (κ3) is 3.38. The van der Waals surface area contributed by atoms with Crippen LogP contribution in [0.25, 0.3) is 0 Å². The normalized spacial score (nSPS) is 10.7. The van der Waals surface area contributed by atoms with Gasteiger partial charge in [-0.1, -0.05) is 42.5 Å². The molecule has 4 N–H and O–H groups in total. The summed E-state index contributed by atoms with van der Waals surface area (Å²) >= 11 is 0. The largest absolute Gasteiger partial charge is 0.495 e. The van der Waals surface area contributed by atoms with Crippen LogP contribution in [-0.4, -0.2) is 14.2 Å². The lowest BCUT2D eigenvalue weighted by molar-refractivity contribution is 0.416. The average Bonchev–Trinajstić information content (AvgIpc) is 2.63. The second-order valence-corrected chi connectivity index (χ2v) is 5.85. The zero-order valence-corrected chi connectivity index (χ0v) is 14.4. The smallest absolute Gasteiger partial charge is 0.141 e. The second-order valence-electron chi connectivity index (χ2n) is 5.85. The number of hydrogen-bond acceptors (Lipinski definition) is 4. The maximum absolute atomic E-state index is 6.13. The van der Waals surface area contributed by atoms with Gasteiger partial charge in [-0.3, -0.25) is 0 Å². The molecular weight excluding hydrogens is 312 g/mol. The van der Waals surface area contributed by atoms with E-state index in [0.29, 0.717) is 22.9 Å². The van der Waals surface area contributed by atoms with Crippen molar-refractivity contribution >= 4 is 11.4 Å². The van der Waals surface area contributed by atoms with Crippen LogP contribution in [0, 0.1) is 0 Å². The Labute approximate surface area is 148 Å². The highest BCUT2D eigenvalue weighted by molar-refractivity contribution is 5.60. The van der Waals surface area contributed by atoms with Crippen molar-refractivity contribution in [2.75, 3.05) is 25.7 Å². The van der Waals surface area contributed by atoms with E-state index in [4.69, 9.17) is 20.9 Å². The lowest BCUT2D eigenvalue weighted by Crippen LogP contribution is -2.06. The quantitative estimate of drug-likeness (QED) is 0.545. The molecule has 3 aromatic carbocycles. The number of hydrogen-bond donors (Lipinski definition) is 2. The van der Waals surface area contributed by atoms with Crippen molar-refractivity contribution in [1.82, 2.24) is 0 Å². The van der Waals surface area contributed by atoms with Gasteiger partial charge in [0.05, 0.1) is 25.6 Å². The molecule has 3 rings (SSSR count). The van der Waals surface area contributed by atoms with Crippen LogP contribution in [0.5, 0.6) is 11.5 Å². The Morgan fingerprint density at radius 2 is 1.12 bits per heavy atom. The molecule has 0 aliphatic rings. The minimum atomic E-state index is 0.0163. The molecule has 0 saturated heterocycles. The number of nitrogens with two attached hydrogens (primary N) is 2. The van der Waals surface area contributed by atoms with Gasteiger partial charge < -0.3 is 20.9 Å². The Bertz CT molecular complexity index is 810. The second kappa shape index (κ2) is 7.18. The lowest BCUT2D eigenvalue weighted by atomic mass is 9.84. The molecule has 0 radical (unpaired) electrons. The molecule has 0 aromatic heterocycles. The zero-order valence-electron chi connectivity index (χ0n) is 14.4. The molecule has 0 unspecified atom stereocenters. The van der Waals surface area contributed by atoms with Crippen molar-refractivity contribution in [2.24, 2.45) is 0 Å². The molecule has 0 spiro atoms. The molecule has 128 valence electrons. The first-order valence-corrected chi connectivity index (χ1v) is 8.05. The first-order chi connectivity index (χ1) is 12.1. The summed E-state index contributed by atoms with van der Waals surface area (Å²) in [5.41, 5.74) is 16.8. The maximum Gasteiger partial charge on any atom is 0.141 e. The molecular formula is C21H22N2O2. The fourth-order valence-corrected chi connectivity index (χ4v) is 3.09. The molecule has 0 aliphatic carbocycles. The summed E-state index contributed by atoms with van der Waals surface area (Å²) in [4.78, 5) is 0. The van der Waals surface area contributed by atoms with E-state index >= 15 is 0 Å². The predicted molar refractivity (Wildman–Crippen MR) is 102 cm³/mol. The number of anilines is 2. The van der Waals surface area contributed by atoms with Crippen molar-refractivity contribution in [3.63, 3.8) is 0 Å². The minimum absolute atomic E-state index is 0.0163. The van der Waals surface area contributed by atoms with Gasteiger partial charge in [-0.15, -0.1) is 0 Å². The van der Waals surface area contributed by atoms with Gasteiger partial charge in [-0.2, -0.15) is 0 Å². The first kappa shape index (κ1) is 16.7. The van der Waals surface area contributed by atoms with Crippen LogP contribution in [0.4, 0.5) is 11.4 Å². The third-order valence-corrected chi connectivity index (χ3v) is 4.31. The number of rotatable bonds is 5. The Balaban J connectivity index is 2.14. The molecule has 0 bridgehead atoms. The van der Waals surface area contributed by atoms with E-state index in [2.05, 4.69) is 12.1 Å². The highest BCUT2D eigenvalue weighted by atomic mass is 16.5. The van der Waals surface area contributed by atoms with E-state index in [1.165, 1.54) is 0 Å². The van der Waals surface area contributed by atoms with Crippen molar-refractivity contribution in [2.45, 2.75) is 5.92 Å². The van der Waals surface area contributed by atoms with Gasteiger partial charge in [0.2, 0.25) is 0 Å². The summed E-state index contributed by atoms with van der Waals surface area (Å²) < 4.78 is 10.6. The summed E-state index contributed by atoms with van der Waals surface area (Å²) in [5.74, 6) is 1.36. The van der Waals surface area contributed by atoms with Gasteiger partial charge in [0.15, 0.2) is 0 Å². The SMILES string of the molecule is COc1ccc(C(c2ccccc2)c2ccc(OC)c(N)c2)cc1N. The molecule has 0 amide bonds. The Hall–Kier alpha value is -3.14. The zero-order chi connectivity index (χ0) is 17.8. The molecule has 0 aliphatic heterocycles. The topological polar surface area (TPSA) is 70.5 Å². The van der Waals surface area contributed by atoms with Gasteiger partial charge in [0, 0.05) is 5.92 Å². The summed E-state index contributed by atoms with van der Waals surface area (Å²) in [6.45, 7) is 0. The average molecular weight is 334 g/mol. The Morgan fingerprint density at radius 3 is 1.52 bits per heavy atom. The van der Waals surface area contributed by atoms with Gasteiger partial charge in [0.1, 0.15) is 11.5 Å². The number of ether oxygens (including phenoxy) is 2. The summed E-state index contributed by atoms with van der Waals surface area (Å²) in [6.07, 6.45) is 0. The molecule has 4 nitrogen and oxygen atoms in total. The monoisotopic (exact) mass is 334 g/mol. The van der Waals surface area contributed by atoms with Crippen molar-refractivity contribution in [3.05, 3.63) is 83.4 Å². The molecule has 0 heterocycles. The van der Waals surface area contributed by atoms with Gasteiger partial charge in [-0.05, 0) is 41.0 Å². The van der Waals surface area contributed by atoms with Crippen molar-refractivity contribution in [1.29, 1.82) is 0 Å². The number of nitrogen functional groups attached to an aromatic ring is 2. The summed E-state index contributed by atoms with van der Waals surface area (Å²) in [7, 11) is 3.23. The fourth-order valence-electron chi connectivity index (χ4n) is 3.09. The van der Waals surface area contributed by atoms with E-state index < -0.39 is 0 Å². The van der Waals surface area contributed by atoms with Gasteiger partial charge in [-0.25, -0.2) is 0 Å². The van der Waals surface area contributed by atoms with Crippen molar-refractivity contribution in [3.8, 4) is 11.5 Å². The highest BCUT2D eigenvalue weighted by Gasteiger charge is 2.19.